The van der Waals surface area contributed by atoms with Gasteiger partial charge in [0, 0.05) is 18.0 Å². The van der Waals surface area contributed by atoms with Gasteiger partial charge in [0.25, 0.3) is 0 Å². The lowest BCUT2D eigenvalue weighted by Crippen LogP contribution is -2.42. The van der Waals surface area contributed by atoms with Crippen LogP contribution in [0.3, 0.4) is 0 Å². The summed E-state index contributed by atoms with van der Waals surface area (Å²) in [6.45, 7) is 2.24. The lowest BCUT2D eigenvalue weighted by molar-refractivity contribution is -0.120. The van der Waals surface area contributed by atoms with Crippen molar-refractivity contribution in [2.75, 3.05) is 17.3 Å². The van der Waals surface area contributed by atoms with Crippen molar-refractivity contribution >= 4 is 23.5 Å². The number of nitrogens with zero attached hydrogens (tertiary/aromatic N) is 6. The highest BCUT2D eigenvalue weighted by Gasteiger charge is 2.53. The molecule has 0 atom stereocenters. The Kier molecular flexibility index (Phi) is 4.84. The van der Waals surface area contributed by atoms with Gasteiger partial charge in [0.2, 0.25) is 17.8 Å². The molecule has 1 fully saturated rings. The molecule has 0 bridgehead atoms. The Hall–Kier alpha value is -4.21. The first-order valence-electron chi connectivity index (χ1n) is 11.4. The molecule has 0 unspecified atom stereocenters. The molecular formula is C25H24FN7O2. The Labute approximate surface area is 201 Å². The minimum atomic E-state index is -0.310. The summed E-state index contributed by atoms with van der Waals surface area (Å²) in [5.74, 6) is 1.26. The van der Waals surface area contributed by atoms with Crippen LogP contribution in [-0.2, 0) is 16.9 Å². The van der Waals surface area contributed by atoms with E-state index in [4.69, 9.17) is 9.84 Å². The van der Waals surface area contributed by atoms with E-state index in [1.165, 1.54) is 12.1 Å². The van der Waals surface area contributed by atoms with E-state index in [1.807, 2.05) is 40.6 Å². The lowest BCUT2D eigenvalue weighted by Gasteiger charge is -2.31. The van der Waals surface area contributed by atoms with Gasteiger partial charge in [-0.25, -0.2) is 14.1 Å². The molecule has 0 saturated heterocycles. The van der Waals surface area contributed by atoms with Crippen molar-refractivity contribution in [2.45, 2.75) is 38.3 Å². The number of ether oxygens (including phenoxy) is 1. The van der Waals surface area contributed by atoms with Gasteiger partial charge in [-0.15, -0.1) is 5.10 Å². The SMILES string of the molecule is COc1cc(Nc2nc3n(n2)C2(CC2)CC(=O)N3Cc2ccc(F)cc2)ccc1-n1cnc(C)c1. The first-order valence-corrected chi connectivity index (χ1v) is 11.4. The Morgan fingerprint density at radius 1 is 1.17 bits per heavy atom. The highest BCUT2D eigenvalue weighted by molar-refractivity contribution is 5.94. The molecule has 1 saturated carbocycles. The van der Waals surface area contributed by atoms with Gasteiger partial charge in [-0.1, -0.05) is 12.1 Å². The van der Waals surface area contributed by atoms with Crippen LogP contribution < -0.4 is 15.0 Å². The number of imidazole rings is 1. The maximum absolute atomic E-state index is 13.3. The van der Waals surface area contributed by atoms with Crippen LogP contribution in [0, 0.1) is 12.7 Å². The number of nitrogens with one attached hydrogen (secondary N) is 1. The summed E-state index contributed by atoms with van der Waals surface area (Å²) in [7, 11) is 1.62. The predicted molar refractivity (Wildman–Crippen MR) is 128 cm³/mol. The zero-order valence-electron chi connectivity index (χ0n) is 19.4. The number of hydrogen-bond acceptors (Lipinski definition) is 6. The van der Waals surface area contributed by atoms with Gasteiger partial charge in [0.1, 0.15) is 11.6 Å². The summed E-state index contributed by atoms with van der Waals surface area (Å²) >= 11 is 0. The predicted octanol–water partition coefficient (Wildman–Crippen LogP) is 4.09. The highest BCUT2D eigenvalue weighted by atomic mass is 19.1. The molecule has 1 spiro atoms. The second-order valence-corrected chi connectivity index (χ2v) is 9.09. The summed E-state index contributed by atoms with van der Waals surface area (Å²) in [4.78, 5) is 23.6. The summed E-state index contributed by atoms with van der Waals surface area (Å²) in [5.41, 5.74) is 3.07. The molecular weight excluding hydrogens is 449 g/mol. The summed E-state index contributed by atoms with van der Waals surface area (Å²) in [5, 5.41) is 7.98. The fourth-order valence-electron chi connectivity index (χ4n) is 4.53. The van der Waals surface area contributed by atoms with Crippen molar-refractivity contribution in [1.82, 2.24) is 24.3 Å². The zero-order valence-corrected chi connectivity index (χ0v) is 19.4. The minimum absolute atomic E-state index is 0.0000716. The smallest absolute Gasteiger partial charge is 0.248 e. The maximum atomic E-state index is 13.3. The lowest BCUT2D eigenvalue weighted by atomic mass is 10.1. The number of benzene rings is 2. The number of anilines is 3. The van der Waals surface area contributed by atoms with E-state index >= 15 is 0 Å². The van der Waals surface area contributed by atoms with Crippen molar-refractivity contribution < 1.29 is 13.9 Å². The van der Waals surface area contributed by atoms with E-state index < -0.39 is 0 Å². The van der Waals surface area contributed by atoms with Crippen LogP contribution >= 0.6 is 0 Å². The third kappa shape index (κ3) is 3.80. The van der Waals surface area contributed by atoms with Crippen molar-refractivity contribution in [3.63, 3.8) is 0 Å². The number of hydrogen-bond donors (Lipinski definition) is 1. The normalized spacial score (nSPS) is 15.9. The monoisotopic (exact) mass is 473 g/mol. The fraction of sp³-hybridized carbons (Fsp3) is 0.280. The Bertz CT molecular complexity index is 1420. The molecule has 0 radical (unpaired) electrons. The van der Waals surface area contributed by atoms with Gasteiger partial charge in [-0.05, 0) is 49.6 Å². The molecule has 3 heterocycles. The first-order chi connectivity index (χ1) is 16.9. The molecule has 6 rings (SSSR count). The van der Waals surface area contributed by atoms with Gasteiger partial charge in [0.15, 0.2) is 0 Å². The average molecular weight is 474 g/mol. The molecule has 2 aliphatic rings. The largest absolute Gasteiger partial charge is 0.494 e. The van der Waals surface area contributed by atoms with Gasteiger partial charge < -0.3 is 14.6 Å². The number of rotatable bonds is 6. The van der Waals surface area contributed by atoms with Crippen LogP contribution in [-0.4, -0.2) is 37.3 Å². The number of carbonyl (C=O) groups excluding carboxylic acids is 1. The van der Waals surface area contributed by atoms with Crippen LogP contribution in [0.5, 0.6) is 5.75 Å². The minimum Gasteiger partial charge on any atom is -0.494 e. The maximum Gasteiger partial charge on any atom is 0.248 e. The van der Waals surface area contributed by atoms with E-state index in [2.05, 4.69) is 15.3 Å². The van der Waals surface area contributed by atoms with Crippen molar-refractivity contribution in [1.29, 1.82) is 0 Å². The quantitative estimate of drug-likeness (QED) is 0.454. The standard InChI is InChI=1S/C25H24FN7O2/c1-16-13-31(15-27-16)20-8-7-19(11-21(20)35-2)28-23-29-24-32(14-17-3-5-18(26)6-4-17)22(34)12-25(9-10-25)33(24)30-23/h3-8,11,13,15H,9-10,12,14H2,1-2H3,(H,28,30). The number of carbonyl (C=O) groups is 1. The summed E-state index contributed by atoms with van der Waals surface area (Å²) < 4.78 is 22.7. The van der Waals surface area contributed by atoms with E-state index in [1.54, 1.807) is 30.5 Å². The van der Waals surface area contributed by atoms with Gasteiger partial charge >= 0.3 is 0 Å². The number of fused-ring (bicyclic) bond motifs is 2. The highest BCUT2D eigenvalue weighted by Crippen LogP contribution is 2.51. The van der Waals surface area contributed by atoms with Crippen LogP contribution in [0.4, 0.5) is 22.0 Å². The van der Waals surface area contributed by atoms with Crippen LogP contribution in [0.1, 0.15) is 30.5 Å². The Morgan fingerprint density at radius 3 is 2.66 bits per heavy atom. The Balaban J connectivity index is 1.30. The first kappa shape index (κ1) is 21.3. The average Bonchev–Trinajstić information content (AvgIpc) is 3.26. The number of methoxy groups -OCH3 is 1. The molecule has 1 amide bonds. The molecule has 35 heavy (non-hydrogen) atoms. The molecule has 1 N–H and O–H groups in total. The van der Waals surface area contributed by atoms with Crippen LogP contribution in [0.2, 0.25) is 0 Å². The van der Waals surface area contributed by atoms with Gasteiger partial charge in [0.05, 0.1) is 43.3 Å². The molecule has 178 valence electrons. The van der Waals surface area contributed by atoms with E-state index in [0.29, 0.717) is 30.6 Å². The van der Waals surface area contributed by atoms with E-state index in [-0.39, 0.29) is 17.3 Å². The third-order valence-electron chi connectivity index (χ3n) is 6.57. The number of amides is 1. The molecule has 2 aromatic carbocycles. The molecule has 1 aliphatic carbocycles. The molecule has 1 aliphatic heterocycles. The van der Waals surface area contributed by atoms with E-state index in [9.17, 15) is 9.18 Å². The van der Waals surface area contributed by atoms with Crippen LogP contribution in [0.15, 0.2) is 55.0 Å². The number of halogens is 1. The third-order valence-corrected chi connectivity index (χ3v) is 6.57. The molecule has 9 nitrogen and oxygen atoms in total. The molecule has 4 aromatic rings. The number of aromatic nitrogens is 5. The van der Waals surface area contributed by atoms with Crippen molar-refractivity contribution in [2.24, 2.45) is 0 Å². The second kappa shape index (κ2) is 7.93. The van der Waals surface area contributed by atoms with Crippen molar-refractivity contribution in [3.8, 4) is 11.4 Å². The van der Waals surface area contributed by atoms with Gasteiger partial charge in [-0.3, -0.25) is 9.69 Å². The molecule has 2 aromatic heterocycles. The number of aryl methyl sites for hydroxylation is 1. The zero-order chi connectivity index (χ0) is 24.2. The summed E-state index contributed by atoms with van der Waals surface area (Å²) in [6.07, 6.45) is 5.85. The second-order valence-electron chi connectivity index (χ2n) is 9.09. The van der Waals surface area contributed by atoms with E-state index in [0.717, 1.165) is 35.5 Å². The fourth-order valence-corrected chi connectivity index (χ4v) is 4.53. The molecule has 10 heteroatoms. The summed E-state index contributed by atoms with van der Waals surface area (Å²) in [6, 6.07) is 11.9. The van der Waals surface area contributed by atoms with Crippen LogP contribution in [0.25, 0.3) is 5.69 Å². The van der Waals surface area contributed by atoms with Crippen molar-refractivity contribution in [3.05, 3.63) is 72.1 Å². The van der Waals surface area contributed by atoms with Gasteiger partial charge in [-0.2, -0.15) is 4.98 Å². The Morgan fingerprint density at radius 2 is 1.97 bits per heavy atom. The topological polar surface area (TPSA) is 90.1 Å².